The Bertz CT molecular complexity index is 1690. The average molecular weight is 733 g/mol. The lowest BCUT2D eigenvalue weighted by Gasteiger charge is -2.33. The predicted molar refractivity (Wildman–Crippen MR) is 188 cm³/mol. The highest BCUT2D eigenvalue weighted by molar-refractivity contribution is 7.93. The summed E-state index contributed by atoms with van der Waals surface area (Å²) in [6.45, 7) is 5.74. The molecule has 2 aromatic rings. The second kappa shape index (κ2) is 15.7. The maximum absolute atomic E-state index is 14.2. The fourth-order valence-electron chi connectivity index (χ4n) is 6.71. The summed E-state index contributed by atoms with van der Waals surface area (Å²) in [6, 6.07) is 8.65. The SMILES string of the molecule is CC(C)(C)OC(=O)N1CCC2(COC/C=C/CN(c3ccc(F)cc3)S(=O)(=O)c3cc(ccc3Cl)C(=O)NC(C3CCCCC3)CNC2=O)C1. The fourth-order valence-corrected chi connectivity index (χ4v) is 8.63. The summed E-state index contributed by atoms with van der Waals surface area (Å²) in [4.78, 5) is 42.1. The molecule has 2 fully saturated rings. The highest BCUT2D eigenvalue weighted by Gasteiger charge is 2.47. The van der Waals surface area contributed by atoms with Gasteiger partial charge in [0.15, 0.2) is 0 Å². The standard InChI is InChI=1S/C36H46ClFN4O7S/c1-35(2,3)49-34(45)41-19-17-36(23-41)24-48-20-8-7-18-42(28-14-12-27(38)13-15-28)50(46,47)31-21-26(11-16-29(31)37)32(43)40-30(22-39-33(36)44)25-9-5-4-6-10-25/h7-8,11-16,21,25,30H,4-6,9-10,17-20,22-24H2,1-3H3,(H,39,44)(H,40,43)/b8-7+. The summed E-state index contributed by atoms with van der Waals surface area (Å²) >= 11 is 6.45. The van der Waals surface area contributed by atoms with Crippen LogP contribution in [0.2, 0.25) is 5.02 Å². The lowest BCUT2D eigenvalue weighted by atomic mass is 9.83. The molecular formula is C36H46ClFN4O7S. The number of carbonyl (C=O) groups excluding carboxylic acids is 3. The molecule has 50 heavy (non-hydrogen) atoms. The van der Waals surface area contributed by atoms with E-state index in [-0.39, 0.29) is 65.8 Å². The van der Waals surface area contributed by atoms with Gasteiger partial charge in [0, 0.05) is 31.2 Å². The molecule has 272 valence electrons. The Morgan fingerprint density at radius 2 is 1.78 bits per heavy atom. The molecule has 1 saturated heterocycles. The summed E-state index contributed by atoms with van der Waals surface area (Å²) in [6.07, 6.45) is 7.82. The van der Waals surface area contributed by atoms with Gasteiger partial charge >= 0.3 is 6.09 Å². The summed E-state index contributed by atoms with van der Waals surface area (Å²) < 4.78 is 54.8. The molecular weight excluding hydrogens is 687 g/mol. The van der Waals surface area contributed by atoms with Crippen LogP contribution in [-0.2, 0) is 24.3 Å². The van der Waals surface area contributed by atoms with Gasteiger partial charge in [-0.2, -0.15) is 0 Å². The number of nitrogens with zero attached hydrogens (tertiary/aromatic N) is 2. The van der Waals surface area contributed by atoms with Crippen molar-refractivity contribution in [3.05, 3.63) is 71.0 Å². The summed E-state index contributed by atoms with van der Waals surface area (Å²) in [5.74, 6) is -1.24. The molecule has 3 aliphatic rings. The Labute approximate surface area is 298 Å². The van der Waals surface area contributed by atoms with E-state index in [1.54, 1.807) is 32.9 Å². The Morgan fingerprint density at radius 3 is 2.48 bits per heavy atom. The smallest absolute Gasteiger partial charge is 0.410 e. The highest BCUT2D eigenvalue weighted by atomic mass is 35.5. The minimum atomic E-state index is -4.35. The van der Waals surface area contributed by atoms with E-state index in [9.17, 15) is 27.2 Å². The zero-order valence-electron chi connectivity index (χ0n) is 28.8. The van der Waals surface area contributed by atoms with Gasteiger partial charge in [-0.05, 0) is 88.4 Å². The first-order chi connectivity index (χ1) is 23.7. The third-order valence-electron chi connectivity index (χ3n) is 9.41. The van der Waals surface area contributed by atoms with Gasteiger partial charge in [0.25, 0.3) is 15.9 Å². The molecule has 11 nitrogen and oxygen atoms in total. The number of hydrogen-bond acceptors (Lipinski definition) is 7. The summed E-state index contributed by atoms with van der Waals surface area (Å²) in [5.41, 5.74) is -1.51. The zero-order valence-corrected chi connectivity index (χ0v) is 30.3. The highest BCUT2D eigenvalue weighted by Crippen LogP contribution is 2.34. The number of carbonyl (C=O) groups is 3. The van der Waals surface area contributed by atoms with Gasteiger partial charge < -0.3 is 25.0 Å². The Morgan fingerprint density at radius 1 is 1.06 bits per heavy atom. The Balaban J connectivity index is 1.50. The van der Waals surface area contributed by atoms with E-state index < -0.39 is 44.9 Å². The molecule has 2 atom stereocenters. The second-order valence-corrected chi connectivity index (χ2v) is 16.5. The van der Waals surface area contributed by atoms with Crippen molar-refractivity contribution in [2.75, 3.05) is 43.7 Å². The molecule has 0 aromatic heterocycles. The van der Waals surface area contributed by atoms with E-state index in [1.165, 1.54) is 35.2 Å². The Kier molecular flexibility index (Phi) is 11.8. The van der Waals surface area contributed by atoms with Crippen LogP contribution in [-0.4, -0.2) is 82.3 Å². The normalized spacial score (nSPS) is 24.9. The second-order valence-electron chi connectivity index (χ2n) is 14.3. The van der Waals surface area contributed by atoms with Crippen molar-refractivity contribution in [2.45, 2.75) is 75.8 Å². The van der Waals surface area contributed by atoms with Crippen LogP contribution in [0.1, 0.15) is 69.7 Å². The van der Waals surface area contributed by atoms with Crippen molar-refractivity contribution in [3.8, 4) is 0 Å². The molecule has 5 rings (SSSR count). The number of anilines is 1. The number of likely N-dealkylation sites (tertiary alicyclic amines) is 1. The minimum absolute atomic E-state index is 0.0108. The third-order valence-corrected chi connectivity index (χ3v) is 11.7. The summed E-state index contributed by atoms with van der Waals surface area (Å²) in [5, 5.41) is 6.07. The van der Waals surface area contributed by atoms with Crippen LogP contribution in [0.4, 0.5) is 14.9 Å². The van der Waals surface area contributed by atoms with Gasteiger partial charge in [0.2, 0.25) is 5.91 Å². The Hall–Kier alpha value is -3.68. The lowest BCUT2D eigenvalue weighted by Crippen LogP contribution is -2.53. The van der Waals surface area contributed by atoms with Crippen LogP contribution in [0.15, 0.2) is 59.5 Å². The van der Waals surface area contributed by atoms with Crippen molar-refractivity contribution in [3.63, 3.8) is 0 Å². The van der Waals surface area contributed by atoms with Crippen LogP contribution in [0.5, 0.6) is 0 Å². The van der Waals surface area contributed by atoms with E-state index in [1.807, 2.05) is 0 Å². The van der Waals surface area contributed by atoms with Crippen LogP contribution in [0, 0.1) is 17.2 Å². The van der Waals surface area contributed by atoms with Crippen molar-refractivity contribution >= 4 is 45.2 Å². The van der Waals surface area contributed by atoms with Gasteiger partial charge in [-0.15, -0.1) is 0 Å². The zero-order chi connectivity index (χ0) is 36.1. The first-order valence-corrected chi connectivity index (χ1v) is 18.9. The van der Waals surface area contributed by atoms with Gasteiger partial charge in [0.05, 0.1) is 35.9 Å². The molecule has 1 spiro atoms. The molecule has 14 heteroatoms. The number of fused-ring (bicyclic) bond motifs is 2. The fraction of sp³-hybridized carbons (Fsp3) is 0.528. The number of nitrogens with one attached hydrogen (secondary N) is 2. The van der Waals surface area contributed by atoms with E-state index in [2.05, 4.69) is 10.6 Å². The minimum Gasteiger partial charge on any atom is -0.444 e. The van der Waals surface area contributed by atoms with Gasteiger partial charge in [-0.1, -0.05) is 43.0 Å². The molecule has 1 aliphatic carbocycles. The average Bonchev–Trinajstić information content (AvgIpc) is 3.52. The molecule has 2 bridgehead atoms. The first-order valence-electron chi connectivity index (χ1n) is 17.1. The number of hydrogen-bond donors (Lipinski definition) is 2. The first kappa shape index (κ1) is 37.6. The van der Waals surface area contributed by atoms with Gasteiger partial charge in [-0.25, -0.2) is 17.6 Å². The van der Waals surface area contributed by atoms with E-state index in [0.717, 1.165) is 48.5 Å². The van der Waals surface area contributed by atoms with Crippen LogP contribution in [0.3, 0.4) is 0 Å². The largest absolute Gasteiger partial charge is 0.444 e. The molecule has 0 radical (unpaired) electrons. The number of ether oxygens (including phenoxy) is 2. The molecule has 2 N–H and O–H groups in total. The number of halogens is 2. The van der Waals surface area contributed by atoms with Crippen molar-refractivity contribution < 1.29 is 36.7 Å². The molecule has 2 heterocycles. The number of rotatable bonds is 2. The number of benzene rings is 2. The van der Waals surface area contributed by atoms with E-state index in [0.29, 0.717) is 13.0 Å². The number of amides is 3. The molecule has 3 amide bonds. The summed E-state index contributed by atoms with van der Waals surface area (Å²) in [7, 11) is -4.35. The van der Waals surface area contributed by atoms with E-state index in [4.69, 9.17) is 21.1 Å². The number of sulfonamides is 1. The van der Waals surface area contributed by atoms with Gasteiger partial charge in [-0.3, -0.25) is 13.9 Å². The van der Waals surface area contributed by atoms with Crippen LogP contribution in [0.25, 0.3) is 0 Å². The maximum Gasteiger partial charge on any atom is 0.410 e. The van der Waals surface area contributed by atoms with E-state index >= 15 is 0 Å². The van der Waals surface area contributed by atoms with Crippen molar-refractivity contribution in [2.24, 2.45) is 11.3 Å². The van der Waals surface area contributed by atoms with Crippen LogP contribution < -0.4 is 14.9 Å². The van der Waals surface area contributed by atoms with Crippen LogP contribution >= 0.6 is 11.6 Å². The topological polar surface area (TPSA) is 134 Å². The molecule has 2 unspecified atom stereocenters. The molecule has 1 saturated carbocycles. The van der Waals surface area contributed by atoms with Crippen molar-refractivity contribution in [1.82, 2.24) is 15.5 Å². The predicted octanol–water partition coefficient (Wildman–Crippen LogP) is 5.68. The lowest BCUT2D eigenvalue weighted by molar-refractivity contribution is -0.133. The van der Waals surface area contributed by atoms with Gasteiger partial charge in [0.1, 0.15) is 16.3 Å². The molecule has 2 aromatic carbocycles. The molecule has 2 aliphatic heterocycles. The third kappa shape index (κ3) is 8.96. The quantitative estimate of drug-likeness (QED) is 0.380. The maximum atomic E-state index is 14.2. The van der Waals surface area contributed by atoms with Crippen molar-refractivity contribution in [1.29, 1.82) is 0 Å². The monoisotopic (exact) mass is 732 g/mol.